The maximum Gasteiger partial charge on any atom is 0.341 e. The number of esters is 1. The molecule has 0 amide bonds. The zero-order valence-electron chi connectivity index (χ0n) is 10.2. The van der Waals surface area contributed by atoms with Gasteiger partial charge in [0.1, 0.15) is 11.3 Å². The second-order valence-corrected chi connectivity index (χ2v) is 3.83. The van der Waals surface area contributed by atoms with Gasteiger partial charge in [0.05, 0.1) is 13.7 Å². The van der Waals surface area contributed by atoms with Gasteiger partial charge in [-0.2, -0.15) is 0 Å². The Balaban J connectivity index is 3.11. The lowest BCUT2D eigenvalue weighted by Gasteiger charge is -2.11. The van der Waals surface area contributed by atoms with Crippen molar-refractivity contribution in [2.45, 2.75) is 26.7 Å². The molecule has 0 saturated carbocycles. The highest BCUT2D eigenvalue weighted by Crippen LogP contribution is 2.24. The van der Waals surface area contributed by atoms with Crippen LogP contribution in [0.15, 0.2) is 18.2 Å². The predicted molar refractivity (Wildman–Crippen MR) is 63.0 cm³/mol. The molecule has 0 aliphatic carbocycles. The number of benzene rings is 1. The van der Waals surface area contributed by atoms with Gasteiger partial charge in [0.15, 0.2) is 0 Å². The Morgan fingerprint density at radius 2 is 2.06 bits per heavy atom. The molecule has 0 N–H and O–H groups in total. The SMILES string of the molecule is CCOC(=O)c1cc(C(C)C)ccc1OC. The summed E-state index contributed by atoms with van der Waals surface area (Å²) in [6.45, 7) is 6.32. The number of ether oxygens (including phenoxy) is 2. The van der Waals surface area contributed by atoms with Crippen molar-refractivity contribution < 1.29 is 14.3 Å². The quantitative estimate of drug-likeness (QED) is 0.735. The number of carbonyl (C=O) groups is 1. The summed E-state index contributed by atoms with van der Waals surface area (Å²) in [6.07, 6.45) is 0. The normalized spacial score (nSPS) is 10.3. The summed E-state index contributed by atoms with van der Waals surface area (Å²) < 4.78 is 10.1. The summed E-state index contributed by atoms with van der Waals surface area (Å²) in [4.78, 5) is 11.7. The van der Waals surface area contributed by atoms with Crippen LogP contribution in [0.4, 0.5) is 0 Å². The third kappa shape index (κ3) is 2.75. The third-order valence-electron chi connectivity index (χ3n) is 2.39. The first kappa shape index (κ1) is 12.6. The van der Waals surface area contributed by atoms with Gasteiger partial charge in [-0.3, -0.25) is 0 Å². The topological polar surface area (TPSA) is 35.5 Å². The van der Waals surface area contributed by atoms with E-state index in [0.29, 0.717) is 23.8 Å². The van der Waals surface area contributed by atoms with Crippen molar-refractivity contribution in [3.8, 4) is 5.75 Å². The van der Waals surface area contributed by atoms with E-state index in [1.54, 1.807) is 14.0 Å². The fourth-order valence-corrected chi connectivity index (χ4v) is 1.45. The average molecular weight is 222 g/mol. The van der Waals surface area contributed by atoms with E-state index < -0.39 is 0 Å². The van der Waals surface area contributed by atoms with Crippen molar-refractivity contribution in [2.24, 2.45) is 0 Å². The zero-order chi connectivity index (χ0) is 12.1. The monoisotopic (exact) mass is 222 g/mol. The van der Waals surface area contributed by atoms with Gasteiger partial charge in [0.25, 0.3) is 0 Å². The smallest absolute Gasteiger partial charge is 0.341 e. The van der Waals surface area contributed by atoms with Crippen molar-refractivity contribution in [3.05, 3.63) is 29.3 Å². The minimum atomic E-state index is -0.332. The molecule has 0 aliphatic rings. The number of hydrogen-bond acceptors (Lipinski definition) is 3. The highest BCUT2D eigenvalue weighted by Gasteiger charge is 2.14. The second kappa shape index (κ2) is 5.54. The summed E-state index contributed by atoms with van der Waals surface area (Å²) >= 11 is 0. The summed E-state index contributed by atoms with van der Waals surface area (Å²) in [5, 5.41) is 0. The molecular formula is C13H18O3. The molecule has 1 aromatic rings. The van der Waals surface area contributed by atoms with Crippen LogP contribution in [0.5, 0.6) is 5.75 Å². The molecule has 0 radical (unpaired) electrons. The minimum absolute atomic E-state index is 0.332. The van der Waals surface area contributed by atoms with E-state index in [9.17, 15) is 4.79 Å². The Labute approximate surface area is 96.4 Å². The van der Waals surface area contributed by atoms with Crippen LogP contribution in [0.3, 0.4) is 0 Å². The fourth-order valence-electron chi connectivity index (χ4n) is 1.45. The van der Waals surface area contributed by atoms with Crippen molar-refractivity contribution in [2.75, 3.05) is 13.7 Å². The predicted octanol–water partition coefficient (Wildman–Crippen LogP) is 3.00. The molecule has 0 aromatic heterocycles. The molecule has 16 heavy (non-hydrogen) atoms. The Kier molecular flexibility index (Phi) is 4.35. The first-order chi connectivity index (χ1) is 7.60. The van der Waals surface area contributed by atoms with Gasteiger partial charge in [-0.15, -0.1) is 0 Å². The van der Waals surface area contributed by atoms with E-state index in [4.69, 9.17) is 9.47 Å². The largest absolute Gasteiger partial charge is 0.496 e. The Morgan fingerprint density at radius 3 is 2.56 bits per heavy atom. The van der Waals surface area contributed by atoms with Crippen LogP contribution < -0.4 is 4.74 Å². The molecule has 0 unspecified atom stereocenters. The molecular weight excluding hydrogens is 204 g/mol. The van der Waals surface area contributed by atoms with Crippen LogP contribution in [0.1, 0.15) is 42.6 Å². The van der Waals surface area contributed by atoms with E-state index in [2.05, 4.69) is 13.8 Å². The Morgan fingerprint density at radius 1 is 1.38 bits per heavy atom. The molecule has 88 valence electrons. The molecule has 3 nitrogen and oxygen atoms in total. The van der Waals surface area contributed by atoms with Crippen LogP contribution in [0, 0.1) is 0 Å². The number of methoxy groups -OCH3 is 1. The number of rotatable bonds is 4. The summed E-state index contributed by atoms with van der Waals surface area (Å²) in [6, 6.07) is 5.61. The van der Waals surface area contributed by atoms with Gasteiger partial charge in [-0.05, 0) is 30.5 Å². The molecule has 0 bridgehead atoms. The lowest BCUT2D eigenvalue weighted by Crippen LogP contribution is -2.07. The van der Waals surface area contributed by atoms with Gasteiger partial charge in [-0.25, -0.2) is 4.79 Å². The molecule has 0 heterocycles. The molecule has 0 spiro atoms. The zero-order valence-corrected chi connectivity index (χ0v) is 10.2. The standard InChI is InChI=1S/C13H18O3/c1-5-16-13(14)11-8-10(9(2)3)6-7-12(11)15-4/h6-9H,5H2,1-4H3. The maximum absolute atomic E-state index is 11.7. The number of carbonyl (C=O) groups excluding carboxylic acids is 1. The van der Waals surface area contributed by atoms with E-state index in [1.807, 2.05) is 18.2 Å². The first-order valence-electron chi connectivity index (χ1n) is 5.45. The summed E-state index contributed by atoms with van der Waals surface area (Å²) in [5.41, 5.74) is 1.60. The third-order valence-corrected chi connectivity index (χ3v) is 2.39. The fraction of sp³-hybridized carbons (Fsp3) is 0.462. The van der Waals surface area contributed by atoms with Gasteiger partial charge in [-0.1, -0.05) is 19.9 Å². The van der Waals surface area contributed by atoms with Crippen LogP contribution in [-0.4, -0.2) is 19.7 Å². The number of hydrogen-bond donors (Lipinski definition) is 0. The van der Waals surface area contributed by atoms with Crippen molar-refractivity contribution in [3.63, 3.8) is 0 Å². The van der Waals surface area contributed by atoms with Crippen molar-refractivity contribution in [1.82, 2.24) is 0 Å². The van der Waals surface area contributed by atoms with Crippen LogP contribution in [0.2, 0.25) is 0 Å². The Bertz CT molecular complexity index is 369. The van der Waals surface area contributed by atoms with Gasteiger partial charge in [0, 0.05) is 0 Å². The highest BCUT2D eigenvalue weighted by molar-refractivity contribution is 5.92. The molecule has 0 aliphatic heterocycles. The summed E-state index contributed by atoms with van der Waals surface area (Å²) in [5.74, 6) is 0.601. The highest BCUT2D eigenvalue weighted by atomic mass is 16.5. The maximum atomic E-state index is 11.7. The second-order valence-electron chi connectivity index (χ2n) is 3.83. The van der Waals surface area contributed by atoms with E-state index in [0.717, 1.165) is 5.56 Å². The van der Waals surface area contributed by atoms with Crippen LogP contribution in [0.25, 0.3) is 0 Å². The molecule has 1 aromatic carbocycles. The molecule has 3 heteroatoms. The molecule has 0 atom stereocenters. The minimum Gasteiger partial charge on any atom is -0.496 e. The first-order valence-corrected chi connectivity index (χ1v) is 5.45. The van der Waals surface area contributed by atoms with Gasteiger partial charge >= 0.3 is 5.97 Å². The van der Waals surface area contributed by atoms with Crippen LogP contribution >= 0.6 is 0 Å². The van der Waals surface area contributed by atoms with Crippen molar-refractivity contribution in [1.29, 1.82) is 0 Å². The van der Waals surface area contributed by atoms with E-state index in [1.165, 1.54) is 0 Å². The van der Waals surface area contributed by atoms with Crippen LogP contribution in [-0.2, 0) is 4.74 Å². The summed E-state index contributed by atoms with van der Waals surface area (Å²) in [7, 11) is 1.55. The lowest BCUT2D eigenvalue weighted by molar-refractivity contribution is 0.0522. The van der Waals surface area contributed by atoms with E-state index in [-0.39, 0.29) is 5.97 Å². The van der Waals surface area contributed by atoms with Crippen molar-refractivity contribution >= 4 is 5.97 Å². The van der Waals surface area contributed by atoms with Gasteiger partial charge in [0.2, 0.25) is 0 Å². The van der Waals surface area contributed by atoms with E-state index >= 15 is 0 Å². The Hall–Kier alpha value is -1.51. The lowest BCUT2D eigenvalue weighted by atomic mass is 10.0. The average Bonchev–Trinajstić information content (AvgIpc) is 2.28. The molecule has 0 saturated heterocycles. The van der Waals surface area contributed by atoms with Gasteiger partial charge < -0.3 is 9.47 Å². The molecule has 0 fully saturated rings. The molecule has 1 rings (SSSR count).